The van der Waals surface area contributed by atoms with Gasteiger partial charge in [0.05, 0.1) is 18.2 Å². The van der Waals surface area contributed by atoms with Crippen LogP contribution in [0.5, 0.6) is 0 Å². The van der Waals surface area contributed by atoms with Crippen molar-refractivity contribution in [2.75, 3.05) is 0 Å². The summed E-state index contributed by atoms with van der Waals surface area (Å²) in [6.07, 6.45) is 5.61. The van der Waals surface area contributed by atoms with Crippen molar-refractivity contribution in [3.63, 3.8) is 0 Å². The molecule has 0 fully saturated rings. The Kier molecular flexibility index (Phi) is 5.31. The summed E-state index contributed by atoms with van der Waals surface area (Å²) in [5.41, 5.74) is 4.24. The van der Waals surface area contributed by atoms with Gasteiger partial charge in [0.15, 0.2) is 0 Å². The first kappa shape index (κ1) is 16.2. The van der Waals surface area contributed by atoms with Crippen LogP contribution in [0.4, 0.5) is 0 Å². The standard InChI is InChI=1S/C17H24N4O/c1-5-15-14(16(6-2)21(4)20-15)10-17(22)19-12(3)13-8-7-9-18-11-13/h7-9,11-12H,5-6,10H2,1-4H3,(H,19,22). The fourth-order valence-electron chi connectivity index (χ4n) is 2.76. The number of nitrogens with zero attached hydrogens (tertiary/aromatic N) is 3. The Balaban J connectivity index is 2.09. The van der Waals surface area contributed by atoms with Crippen LogP contribution < -0.4 is 5.32 Å². The number of hydrogen-bond acceptors (Lipinski definition) is 3. The highest BCUT2D eigenvalue weighted by molar-refractivity contribution is 5.79. The molecule has 0 aliphatic heterocycles. The third-order valence-electron chi connectivity index (χ3n) is 3.93. The van der Waals surface area contributed by atoms with E-state index >= 15 is 0 Å². The van der Waals surface area contributed by atoms with Crippen molar-refractivity contribution in [3.05, 3.63) is 47.0 Å². The first-order valence-electron chi connectivity index (χ1n) is 7.79. The van der Waals surface area contributed by atoms with Crippen molar-refractivity contribution >= 4 is 5.91 Å². The Morgan fingerprint density at radius 3 is 2.73 bits per heavy atom. The summed E-state index contributed by atoms with van der Waals surface area (Å²) in [5, 5.41) is 7.56. The van der Waals surface area contributed by atoms with Gasteiger partial charge in [0.25, 0.3) is 0 Å². The van der Waals surface area contributed by atoms with Crippen LogP contribution in [0, 0.1) is 0 Å². The van der Waals surface area contributed by atoms with Gasteiger partial charge >= 0.3 is 0 Å². The number of carbonyl (C=O) groups is 1. The van der Waals surface area contributed by atoms with E-state index in [9.17, 15) is 4.79 Å². The van der Waals surface area contributed by atoms with E-state index in [1.807, 2.05) is 30.8 Å². The molecule has 1 atom stereocenters. The second-order valence-electron chi connectivity index (χ2n) is 5.45. The number of carbonyl (C=O) groups excluding carboxylic acids is 1. The lowest BCUT2D eigenvalue weighted by atomic mass is 10.0. The number of nitrogens with one attached hydrogen (secondary N) is 1. The van der Waals surface area contributed by atoms with Crippen molar-refractivity contribution in [1.29, 1.82) is 0 Å². The van der Waals surface area contributed by atoms with E-state index in [1.54, 1.807) is 12.4 Å². The Hall–Kier alpha value is -2.17. The van der Waals surface area contributed by atoms with Gasteiger partial charge in [-0.25, -0.2) is 0 Å². The number of amides is 1. The number of aryl methyl sites for hydroxylation is 2. The molecule has 5 nitrogen and oxygen atoms in total. The van der Waals surface area contributed by atoms with E-state index in [-0.39, 0.29) is 11.9 Å². The van der Waals surface area contributed by atoms with Crippen LogP contribution in [0.1, 0.15) is 49.3 Å². The normalized spacial score (nSPS) is 12.2. The molecule has 118 valence electrons. The van der Waals surface area contributed by atoms with Gasteiger partial charge in [-0.2, -0.15) is 5.10 Å². The van der Waals surface area contributed by atoms with Crippen molar-refractivity contribution in [3.8, 4) is 0 Å². The second-order valence-corrected chi connectivity index (χ2v) is 5.45. The van der Waals surface area contributed by atoms with Gasteiger partial charge in [0.2, 0.25) is 5.91 Å². The molecule has 1 N–H and O–H groups in total. The van der Waals surface area contributed by atoms with Crippen molar-refractivity contribution in [2.24, 2.45) is 7.05 Å². The van der Waals surface area contributed by atoms with E-state index < -0.39 is 0 Å². The highest BCUT2D eigenvalue weighted by Gasteiger charge is 2.18. The lowest BCUT2D eigenvalue weighted by Gasteiger charge is -2.14. The zero-order valence-electron chi connectivity index (χ0n) is 13.8. The third kappa shape index (κ3) is 3.53. The van der Waals surface area contributed by atoms with Gasteiger partial charge < -0.3 is 5.32 Å². The molecular weight excluding hydrogens is 276 g/mol. The highest BCUT2D eigenvalue weighted by atomic mass is 16.1. The number of hydrogen-bond donors (Lipinski definition) is 1. The van der Waals surface area contributed by atoms with E-state index in [1.165, 1.54) is 0 Å². The van der Waals surface area contributed by atoms with Crippen molar-refractivity contribution in [2.45, 2.75) is 46.1 Å². The van der Waals surface area contributed by atoms with Crippen LogP contribution in [0.15, 0.2) is 24.5 Å². The van der Waals surface area contributed by atoms with Crippen LogP contribution in [0.25, 0.3) is 0 Å². The summed E-state index contributed by atoms with van der Waals surface area (Å²) in [6.45, 7) is 6.14. The minimum Gasteiger partial charge on any atom is -0.349 e. The number of rotatable bonds is 6. The maximum Gasteiger partial charge on any atom is 0.225 e. The molecule has 22 heavy (non-hydrogen) atoms. The minimum absolute atomic E-state index is 0.0220. The SMILES string of the molecule is CCc1nn(C)c(CC)c1CC(=O)NC(C)c1cccnc1. The predicted molar refractivity (Wildman–Crippen MR) is 86.5 cm³/mol. The van der Waals surface area contributed by atoms with E-state index in [2.05, 4.69) is 29.2 Å². The topological polar surface area (TPSA) is 59.8 Å². The van der Waals surface area contributed by atoms with Gasteiger partial charge in [-0.1, -0.05) is 19.9 Å². The first-order chi connectivity index (χ1) is 10.6. The summed E-state index contributed by atoms with van der Waals surface area (Å²) < 4.78 is 1.89. The fraction of sp³-hybridized carbons (Fsp3) is 0.471. The van der Waals surface area contributed by atoms with Gasteiger partial charge in [0, 0.05) is 30.7 Å². The summed E-state index contributed by atoms with van der Waals surface area (Å²) >= 11 is 0. The largest absolute Gasteiger partial charge is 0.349 e. The lowest BCUT2D eigenvalue weighted by Crippen LogP contribution is -2.28. The van der Waals surface area contributed by atoms with E-state index in [0.717, 1.165) is 35.4 Å². The van der Waals surface area contributed by atoms with Gasteiger partial charge in [0.1, 0.15) is 0 Å². The maximum atomic E-state index is 12.4. The third-order valence-corrected chi connectivity index (χ3v) is 3.93. The fourth-order valence-corrected chi connectivity index (χ4v) is 2.76. The number of aromatic nitrogens is 3. The molecule has 2 aromatic rings. The van der Waals surface area contributed by atoms with Crippen molar-refractivity contribution in [1.82, 2.24) is 20.1 Å². The molecule has 0 saturated carbocycles. The van der Waals surface area contributed by atoms with Gasteiger partial charge in [-0.15, -0.1) is 0 Å². The van der Waals surface area contributed by atoms with Crippen LogP contribution in [0.2, 0.25) is 0 Å². The maximum absolute atomic E-state index is 12.4. The molecule has 0 saturated heterocycles. The van der Waals surface area contributed by atoms with Crippen LogP contribution in [-0.4, -0.2) is 20.7 Å². The van der Waals surface area contributed by atoms with Crippen LogP contribution >= 0.6 is 0 Å². The molecule has 0 aromatic carbocycles. The Bertz CT molecular complexity index is 634. The number of pyridine rings is 1. The average molecular weight is 300 g/mol. The van der Waals surface area contributed by atoms with Crippen LogP contribution in [-0.2, 0) is 31.1 Å². The smallest absolute Gasteiger partial charge is 0.225 e. The summed E-state index contributed by atoms with van der Waals surface area (Å²) in [4.78, 5) is 16.5. The zero-order valence-corrected chi connectivity index (χ0v) is 13.8. The molecule has 2 aromatic heterocycles. The second kappa shape index (κ2) is 7.20. The molecule has 0 spiro atoms. The minimum atomic E-state index is -0.0481. The van der Waals surface area contributed by atoms with Gasteiger partial charge in [-0.05, 0) is 31.4 Å². The molecular formula is C17H24N4O. The zero-order chi connectivity index (χ0) is 16.1. The summed E-state index contributed by atoms with van der Waals surface area (Å²) in [5.74, 6) is 0.0220. The summed E-state index contributed by atoms with van der Waals surface area (Å²) in [7, 11) is 1.94. The first-order valence-corrected chi connectivity index (χ1v) is 7.79. The molecule has 0 radical (unpaired) electrons. The highest BCUT2D eigenvalue weighted by Crippen LogP contribution is 2.17. The monoisotopic (exact) mass is 300 g/mol. The molecule has 2 heterocycles. The van der Waals surface area contributed by atoms with Gasteiger partial charge in [-0.3, -0.25) is 14.5 Å². The molecule has 1 amide bonds. The van der Waals surface area contributed by atoms with E-state index in [0.29, 0.717) is 6.42 Å². The molecule has 0 aliphatic rings. The Morgan fingerprint density at radius 2 is 2.14 bits per heavy atom. The molecule has 0 aliphatic carbocycles. The molecule has 0 bridgehead atoms. The Morgan fingerprint density at radius 1 is 1.36 bits per heavy atom. The molecule has 2 rings (SSSR count). The molecule has 5 heteroatoms. The van der Waals surface area contributed by atoms with Crippen molar-refractivity contribution < 1.29 is 4.79 Å². The molecule has 1 unspecified atom stereocenters. The predicted octanol–water partition coefficient (Wildman–Crippen LogP) is 2.36. The van der Waals surface area contributed by atoms with E-state index in [4.69, 9.17) is 0 Å². The Labute approximate surface area is 131 Å². The summed E-state index contributed by atoms with van der Waals surface area (Å²) in [6, 6.07) is 3.80. The lowest BCUT2D eigenvalue weighted by molar-refractivity contribution is -0.121. The van der Waals surface area contributed by atoms with Crippen LogP contribution in [0.3, 0.4) is 0 Å². The quantitative estimate of drug-likeness (QED) is 0.891. The average Bonchev–Trinajstić information content (AvgIpc) is 2.82.